The van der Waals surface area contributed by atoms with E-state index in [1.54, 1.807) is 18.2 Å². The number of fused-ring (bicyclic) bond motifs is 1. The summed E-state index contributed by atoms with van der Waals surface area (Å²) in [6.07, 6.45) is 1.56. The highest BCUT2D eigenvalue weighted by Gasteiger charge is 2.10. The number of aromatic nitrogens is 1. The summed E-state index contributed by atoms with van der Waals surface area (Å²) in [5.74, 6) is -0.392. The van der Waals surface area contributed by atoms with Crippen molar-refractivity contribution >= 4 is 16.8 Å². The van der Waals surface area contributed by atoms with E-state index in [9.17, 15) is 9.59 Å². The molecule has 4 heteroatoms. The van der Waals surface area contributed by atoms with Crippen molar-refractivity contribution in [3.8, 4) is 0 Å². The van der Waals surface area contributed by atoms with E-state index in [4.69, 9.17) is 0 Å². The number of benzene rings is 1. The molecule has 0 aliphatic heterocycles. The number of hydrogen-bond acceptors (Lipinski definition) is 2. The minimum Gasteiger partial charge on any atom is -0.348 e. The number of carbonyl (C=O) groups excluding carboxylic acids is 1. The third-order valence-corrected chi connectivity index (χ3v) is 2.41. The van der Waals surface area contributed by atoms with Gasteiger partial charge in [-0.1, -0.05) is 24.3 Å². The number of para-hydroxylation sites is 1. The van der Waals surface area contributed by atoms with E-state index in [-0.39, 0.29) is 11.1 Å². The molecule has 0 saturated heterocycles. The van der Waals surface area contributed by atoms with Crippen molar-refractivity contribution in [1.82, 2.24) is 10.3 Å². The first-order chi connectivity index (χ1) is 8.22. The van der Waals surface area contributed by atoms with Gasteiger partial charge in [0.2, 0.25) is 0 Å². The lowest BCUT2D eigenvalue weighted by atomic mass is 10.1. The predicted molar refractivity (Wildman–Crippen MR) is 67.1 cm³/mol. The fraction of sp³-hybridized carbons (Fsp3) is 0.0769. The van der Waals surface area contributed by atoms with Gasteiger partial charge in [0, 0.05) is 12.1 Å². The summed E-state index contributed by atoms with van der Waals surface area (Å²) in [6.45, 7) is 3.84. The van der Waals surface area contributed by atoms with Crippen molar-refractivity contribution in [3.05, 3.63) is 58.9 Å². The molecular weight excluding hydrogens is 216 g/mol. The van der Waals surface area contributed by atoms with Crippen LogP contribution in [0.15, 0.2) is 47.8 Å². The molecular formula is C13H12N2O2. The van der Waals surface area contributed by atoms with Gasteiger partial charge in [-0.2, -0.15) is 0 Å². The summed E-state index contributed by atoms with van der Waals surface area (Å²) < 4.78 is 0. The first-order valence-electron chi connectivity index (χ1n) is 5.23. The number of amides is 1. The number of aromatic amines is 1. The second-order valence-electron chi connectivity index (χ2n) is 3.60. The molecule has 0 unspecified atom stereocenters. The number of H-pyrrole nitrogens is 1. The smallest absolute Gasteiger partial charge is 0.261 e. The molecule has 0 aliphatic carbocycles. The van der Waals surface area contributed by atoms with Crippen LogP contribution in [0.4, 0.5) is 0 Å². The van der Waals surface area contributed by atoms with Gasteiger partial charge in [0.05, 0.1) is 0 Å². The predicted octanol–water partition coefficient (Wildman–Crippen LogP) is 1.44. The third kappa shape index (κ3) is 2.25. The molecule has 1 heterocycles. The number of pyridine rings is 1. The van der Waals surface area contributed by atoms with Crippen molar-refractivity contribution in [2.75, 3.05) is 6.54 Å². The minimum absolute atomic E-state index is 0.116. The highest BCUT2D eigenvalue weighted by molar-refractivity contribution is 5.97. The van der Waals surface area contributed by atoms with Crippen LogP contribution in [0.3, 0.4) is 0 Å². The van der Waals surface area contributed by atoms with E-state index in [0.29, 0.717) is 6.54 Å². The van der Waals surface area contributed by atoms with Crippen LogP contribution in [0.25, 0.3) is 10.9 Å². The minimum atomic E-state index is -0.392. The molecule has 0 spiro atoms. The molecule has 2 rings (SSSR count). The Morgan fingerprint density at radius 1 is 1.41 bits per heavy atom. The van der Waals surface area contributed by atoms with Crippen LogP contribution in [0.5, 0.6) is 0 Å². The van der Waals surface area contributed by atoms with Gasteiger partial charge in [-0.25, -0.2) is 0 Å². The van der Waals surface area contributed by atoms with E-state index in [1.807, 2.05) is 18.2 Å². The molecule has 2 N–H and O–H groups in total. The summed E-state index contributed by atoms with van der Waals surface area (Å²) >= 11 is 0. The Balaban J connectivity index is 2.47. The van der Waals surface area contributed by atoms with Gasteiger partial charge in [0.25, 0.3) is 11.5 Å². The summed E-state index contributed by atoms with van der Waals surface area (Å²) in [7, 11) is 0. The molecule has 1 aromatic carbocycles. The lowest BCUT2D eigenvalue weighted by Gasteiger charge is -2.03. The molecule has 2 aromatic rings. The number of carbonyl (C=O) groups is 1. The molecule has 0 atom stereocenters. The molecule has 1 aromatic heterocycles. The number of nitrogens with one attached hydrogen (secondary N) is 2. The Labute approximate surface area is 98.0 Å². The summed E-state index contributed by atoms with van der Waals surface area (Å²) in [6, 6.07) is 8.91. The van der Waals surface area contributed by atoms with Crippen molar-refractivity contribution < 1.29 is 4.79 Å². The number of rotatable bonds is 3. The average molecular weight is 228 g/mol. The largest absolute Gasteiger partial charge is 0.348 e. The molecule has 4 nitrogen and oxygen atoms in total. The topological polar surface area (TPSA) is 62.0 Å². The van der Waals surface area contributed by atoms with Gasteiger partial charge < -0.3 is 10.3 Å². The van der Waals surface area contributed by atoms with Crippen molar-refractivity contribution in [3.63, 3.8) is 0 Å². The fourth-order valence-electron chi connectivity index (χ4n) is 1.58. The van der Waals surface area contributed by atoms with Crippen LogP contribution in [-0.4, -0.2) is 17.4 Å². The van der Waals surface area contributed by atoms with Crippen molar-refractivity contribution in [2.45, 2.75) is 0 Å². The van der Waals surface area contributed by atoms with E-state index in [0.717, 1.165) is 10.9 Å². The fourth-order valence-corrected chi connectivity index (χ4v) is 1.58. The van der Waals surface area contributed by atoms with E-state index >= 15 is 0 Å². The third-order valence-electron chi connectivity index (χ3n) is 2.41. The van der Waals surface area contributed by atoms with Crippen molar-refractivity contribution in [2.24, 2.45) is 0 Å². The Morgan fingerprint density at radius 3 is 2.94 bits per heavy atom. The second kappa shape index (κ2) is 4.65. The molecule has 0 bridgehead atoms. The van der Waals surface area contributed by atoms with Crippen molar-refractivity contribution in [1.29, 1.82) is 0 Å². The van der Waals surface area contributed by atoms with E-state index in [1.165, 1.54) is 0 Å². The maximum atomic E-state index is 11.7. The van der Waals surface area contributed by atoms with Gasteiger partial charge in [-0.15, -0.1) is 6.58 Å². The van der Waals surface area contributed by atoms with Crippen LogP contribution in [0.1, 0.15) is 10.4 Å². The summed E-state index contributed by atoms with van der Waals surface area (Å²) in [5.41, 5.74) is 0.452. The first-order valence-corrected chi connectivity index (χ1v) is 5.23. The quantitative estimate of drug-likeness (QED) is 0.781. The molecule has 0 saturated carbocycles. The maximum absolute atomic E-state index is 11.7. The van der Waals surface area contributed by atoms with Crippen LogP contribution >= 0.6 is 0 Å². The van der Waals surface area contributed by atoms with Crippen LogP contribution in [-0.2, 0) is 0 Å². The monoisotopic (exact) mass is 228 g/mol. The zero-order chi connectivity index (χ0) is 12.3. The second-order valence-corrected chi connectivity index (χ2v) is 3.60. The summed E-state index contributed by atoms with van der Waals surface area (Å²) in [5, 5.41) is 3.41. The first kappa shape index (κ1) is 11.1. The normalized spacial score (nSPS) is 10.1. The molecule has 0 radical (unpaired) electrons. The van der Waals surface area contributed by atoms with Gasteiger partial charge in [-0.3, -0.25) is 9.59 Å². The highest BCUT2D eigenvalue weighted by Crippen LogP contribution is 2.09. The van der Waals surface area contributed by atoms with Crippen LogP contribution < -0.4 is 10.9 Å². The standard InChI is InChI=1S/C13H12N2O2/c1-2-7-14-12(16)10-8-9-5-3-4-6-11(9)15-13(10)17/h2-6,8H,1,7H2,(H,14,16)(H,15,17). The zero-order valence-electron chi connectivity index (χ0n) is 9.19. The lowest BCUT2D eigenvalue weighted by molar-refractivity contribution is 0.0956. The molecule has 86 valence electrons. The van der Waals surface area contributed by atoms with Gasteiger partial charge in [-0.05, 0) is 17.5 Å². The van der Waals surface area contributed by atoms with Gasteiger partial charge >= 0.3 is 0 Å². The Bertz CT molecular complexity index is 629. The maximum Gasteiger partial charge on any atom is 0.261 e. The highest BCUT2D eigenvalue weighted by atomic mass is 16.2. The average Bonchev–Trinajstić information content (AvgIpc) is 2.35. The molecule has 0 fully saturated rings. The molecule has 17 heavy (non-hydrogen) atoms. The Hall–Kier alpha value is -2.36. The van der Waals surface area contributed by atoms with E-state index in [2.05, 4.69) is 16.9 Å². The number of hydrogen-bond donors (Lipinski definition) is 2. The molecule has 1 amide bonds. The summed E-state index contributed by atoms with van der Waals surface area (Å²) in [4.78, 5) is 26.1. The SMILES string of the molecule is C=CCNC(=O)c1cc2ccccc2[nH]c1=O. The zero-order valence-corrected chi connectivity index (χ0v) is 9.19. The van der Waals surface area contributed by atoms with Crippen LogP contribution in [0, 0.1) is 0 Å². The van der Waals surface area contributed by atoms with Gasteiger partial charge in [0.1, 0.15) is 5.56 Å². The lowest BCUT2D eigenvalue weighted by Crippen LogP contribution is -2.29. The van der Waals surface area contributed by atoms with Gasteiger partial charge in [0.15, 0.2) is 0 Å². The molecule has 0 aliphatic rings. The Morgan fingerprint density at radius 2 is 2.18 bits per heavy atom. The Kier molecular flexibility index (Phi) is 3.05. The van der Waals surface area contributed by atoms with Crippen LogP contribution in [0.2, 0.25) is 0 Å². The van der Waals surface area contributed by atoms with E-state index < -0.39 is 5.91 Å².